The fraction of sp³-hybridized carbons (Fsp3) is 0.150. The van der Waals surface area contributed by atoms with Crippen LogP contribution < -0.4 is 10.2 Å². The Bertz CT molecular complexity index is 982. The van der Waals surface area contributed by atoms with E-state index >= 15 is 0 Å². The van der Waals surface area contributed by atoms with Gasteiger partial charge in [0.2, 0.25) is 5.91 Å². The molecule has 0 aliphatic carbocycles. The fourth-order valence-electron chi connectivity index (χ4n) is 3.09. The number of thiazole rings is 1. The van der Waals surface area contributed by atoms with Gasteiger partial charge in [-0.05, 0) is 30.2 Å². The lowest BCUT2D eigenvalue weighted by atomic mass is 10.1. The Labute approximate surface area is 155 Å². The van der Waals surface area contributed by atoms with Crippen molar-refractivity contribution < 1.29 is 9.59 Å². The minimum absolute atomic E-state index is 0.0509. The van der Waals surface area contributed by atoms with E-state index in [0.717, 1.165) is 29.9 Å². The number of hydrogen-bond donors (Lipinski definition) is 1. The minimum atomic E-state index is -0.178. The molecular weight excluding hydrogens is 346 g/mol. The van der Waals surface area contributed by atoms with Gasteiger partial charge >= 0.3 is 0 Å². The van der Waals surface area contributed by atoms with E-state index in [1.165, 1.54) is 16.9 Å². The highest BCUT2D eigenvalue weighted by Crippen LogP contribution is 2.34. The first-order valence-corrected chi connectivity index (χ1v) is 9.23. The van der Waals surface area contributed by atoms with Crippen molar-refractivity contribution in [2.24, 2.45) is 0 Å². The van der Waals surface area contributed by atoms with Crippen molar-refractivity contribution >= 4 is 34.0 Å². The average Bonchev–Trinajstić information content (AvgIpc) is 3.28. The van der Waals surface area contributed by atoms with Gasteiger partial charge in [-0.2, -0.15) is 0 Å². The highest BCUT2D eigenvalue weighted by molar-refractivity contribution is 7.14. The van der Waals surface area contributed by atoms with Crippen LogP contribution in [0, 0.1) is 0 Å². The third-order valence-electron chi connectivity index (χ3n) is 4.42. The van der Waals surface area contributed by atoms with Gasteiger partial charge in [-0.1, -0.05) is 30.3 Å². The maximum atomic E-state index is 12.2. The van der Waals surface area contributed by atoms with Gasteiger partial charge in [0.1, 0.15) is 0 Å². The Kier molecular flexibility index (Phi) is 4.26. The van der Waals surface area contributed by atoms with Gasteiger partial charge in [-0.15, -0.1) is 11.3 Å². The van der Waals surface area contributed by atoms with Gasteiger partial charge in [0, 0.05) is 35.7 Å². The van der Waals surface area contributed by atoms with Gasteiger partial charge in [0.25, 0.3) is 5.91 Å². The molecule has 1 N–H and O–H groups in total. The van der Waals surface area contributed by atoms with Gasteiger partial charge < -0.3 is 4.90 Å². The third-order valence-corrected chi connectivity index (χ3v) is 5.18. The molecule has 0 saturated heterocycles. The number of aromatic nitrogens is 1. The molecule has 130 valence electrons. The zero-order chi connectivity index (χ0) is 18.1. The molecule has 6 heteroatoms. The number of hydrogen-bond acceptors (Lipinski definition) is 4. The zero-order valence-electron chi connectivity index (χ0n) is 14.2. The number of rotatable bonds is 3. The van der Waals surface area contributed by atoms with E-state index < -0.39 is 0 Å². The highest BCUT2D eigenvalue weighted by atomic mass is 32.1. The summed E-state index contributed by atoms with van der Waals surface area (Å²) in [5.74, 6) is -0.127. The van der Waals surface area contributed by atoms with E-state index in [1.54, 1.807) is 24.0 Å². The topological polar surface area (TPSA) is 62.3 Å². The molecule has 0 radical (unpaired) electrons. The van der Waals surface area contributed by atoms with Crippen LogP contribution in [0.25, 0.3) is 11.3 Å². The predicted molar refractivity (Wildman–Crippen MR) is 104 cm³/mol. The monoisotopic (exact) mass is 363 g/mol. The van der Waals surface area contributed by atoms with Crippen LogP contribution in [-0.2, 0) is 11.2 Å². The van der Waals surface area contributed by atoms with Crippen molar-refractivity contribution in [1.29, 1.82) is 0 Å². The molecule has 5 nitrogen and oxygen atoms in total. The molecule has 0 atom stereocenters. The third kappa shape index (κ3) is 3.11. The van der Waals surface area contributed by atoms with E-state index in [-0.39, 0.29) is 11.8 Å². The van der Waals surface area contributed by atoms with E-state index in [9.17, 15) is 9.59 Å². The van der Waals surface area contributed by atoms with Crippen molar-refractivity contribution in [3.8, 4) is 11.3 Å². The molecule has 0 fully saturated rings. The lowest BCUT2D eigenvalue weighted by Crippen LogP contribution is -2.25. The van der Waals surface area contributed by atoms with Crippen molar-refractivity contribution in [1.82, 2.24) is 4.98 Å². The second-order valence-electron chi connectivity index (χ2n) is 6.12. The summed E-state index contributed by atoms with van der Waals surface area (Å²) in [6.07, 6.45) is 0.880. The first-order chi connectivity index (χ1) is 12.6. The Hall–Kier alpha value is -2.99. The van der Waals surface area contributed by atoms with Gasteiger partial charge in [-0.3, -0.25) is 14.9 Å². The molecular formula is C20H17N3O2S. The Morgan fingerprint density at radius 2 is 1.96 bits per heavy atom. The molecule has 2 aromatic carbocycles. The SMILES string of the molecule is CC(=O)N1CCc2ccc(-c3csc(NC(=O)c4ccccc4)n3)cc21. The van der Waals surface area contributed by atoms with Crippen LogP contribution in [0.3, 0.4) is 0 Å². The summed E-state index contributed by atoms with van der Waals surface area (Å²) in [6.45, 7) is 2.31. The van der Waals surface area contributed by atoms with Crippen molar-refractivity contribution in [3.63, 3.8) is 0 Å². The quantitative estimate of drug-likeness (QED) is 0.766. The minimum Gasteiger partial charge on any atom is -0.312 e. The van der Waals surface area contributed by atoms with Crippen LogP contribution >= 0.6 is 11.3 Å². The summed E-state index contributed by atoms with van der Waals surface area (Å²) in [4.78, 5) is 30.3. The van der Waals surface area contributed by atoms with Crippen molar-refractivity contribution in [3.05, 3.63) is 65.0 Å². The number of amides is 2. The predicted octanol–water partition coefficient (Wildman–Crippen LogP) is 3.97. The number of nitrogens with one attached hydrogen (secondary N) is 1. The number of carbonyl (C=O) groups is 2. The normalized spacial score (nSPS) is 12.7. The number of nitrogens with zero attached hydrogens (tertiary/aromatic N) is 2. The van der Waals surface area contributed by atoms with Gasteiger partial charge in [-0.25, -0.2) is 4.98 Å². The van der Waals surface area contributed by atoms with E-state index in [4.69, 9.17) is 0 Å². The number of anilines is 2. The lowest BCUT2D eigenvalue weighted by molar-refractivity contribution is -0.116. The molecule has 1 aliphatic heterocycles. The van der Waals surface area contributed by atoms with Crippen LogP contribution in [0.1, 0.15) is 22.8 Å². The Balaban J connectivity index is 1.56. The lowest BCUT2D eigenvalue weighted by Gasteiger charge is -2.15. The van der Waals surface area contributed by atoms with E-state index in [0.29, 0.717) is 10.7 Å². The second-order valence-corrected chi connectivity index (χ2v) is 6.98. The maximum absolute atomic E-state index is 12.2. The summed E-state index contributed by atoms with van der Waals surface area (Å²) in [5, 5.41) is 5.30. The molecule has 2 amide bonds. The first-order valence-electron chi connectivity index (χ1n) is 8.35. The van der Waals surface area contributed by atoms with Gasteiger partial charge in [0.05, 0.1) is 5.69 Å². The first kappa shape index (κ1) is 16.5. The van der Waals surface area contributed by atoms with Gasteiger partial charge in [0.15, 0.2) is 5.13 Å². The smallest absolute Gasteiger partial charge is 0.257 e. The summed E-state index contributed by atoms with van der Waals surface area (Å²) >= 11 is 1.38. The molecule has 1 aliphatic rings. The van der Waals surface area contributed by atoms with Crippen LogP contribution in [0.15, 0.2) is 53.9 Å². The van der Waals surface area contributed by atoms with Crippen LogP contribution in [-0.4, -0.2) is 23.3 Å². The standard InChI is InChI=1S/C20H17N3O2S/c1-13(24)23-10-9-14-7-8-16(11-18(14)23)17-12-26-20(21-17)22-19(25)15-5-3-2-4-6-15/h2-8,11-12H,9-10H2,1H3,(H,21,22,25). The maximum Gasteiger partial charge on any atom is 0.257 e. The Morgan fingerprint density at radius 3 is 2.73 bits per heavy atom. The van der Waals surface area contributed by atoms with Crippen LogP contribution in [0.4, 0.5) is 10.8 Å². The molecule has 0 saturated carbocycles. The van der Waals surface area contributed by atoms with Crippen LogP contribution in [0.2, 0.25) is 0 Å². The van der Waals surface area contributed by atoms with Crippen molar-refractivity contribution in [2.45, 2.75) is 13.3 Å². The Morgan fingerprint density at radius 1 is 1.15 bits per heavy atom. The average molecular weight is 363 g/mol. The van der Waals surface area contributed by atoms with E-state index in [2.05, 4.69) is 16.4 Å². The molecule has 1 aromatic heterocycles. The number of fused-ring (bicyclic) bond motifs is 1. The van der Waals surface area contributed by atoms with E-state index in [1.807, 2.05) is 35.7 Å². The summed E-state index contributed by atoms with van der Waals surface area (Å²) in [7, 11) is 0. The van der Waals surface area contributed by atoms with Crippen LogP contribution in [0.5, 0.6) is 0 Å². The number of carbonyl (C=O) groups excluding carboxylic acids is 2. The molecule has 2 heterocycles. The number of benzene rings is 2. The fourth-order valence-corrected chi connectivity index (χ4v) is 3.80. The molecule has 3 aromatic rings. The molecule has 4 rings (SSSR count). The largest absolute Gasteiger partial charge is 0.312 e. The zero-order valence-corrected chi connectivity index (χ0v) is 15.0. The highest BCUT2D eigenvalue weighted by Gasteiger charge is 2.22. The molecule has 0 bridgehead atoms. The molecule has 0 spiro atoms. The molecule has 26 heavy (non-hydrogen) atoms. The summed E-state index contributed by atoms with van der Waals surface area (Å²) < 4.78 is 0. The second kappa shape index (κ2) is 6.72. The summed E-state index contributed by atoms with van der Waals surface area (Å²) in [5.41, 5.74) is 4.46. The molecule has 0 unspecified atom stereocenters. The van der Waals surface area contributed by atoms with Crippen molar-refractivity contribution in [2.75, 3.05) is 16.8 Å². The summed E-state index contributed by atoms with van der Waals surface area (Å²) in [6, 6.07) is 15.1.